The van der Waals surface area contributed by atoms with Crippen molar-refractivity contribution in [3.8, 4) is 0 Å². The molecule has 0 saturated heterocycles. The first-order chi connectivity index (χ1) is 48.4. The fourth-order valence-corrected chi connectivity index (χ4v) is 14.1. The monoisotopic (exact) mass is 1470 g/mol. The molecule has 0 bridgehead atoms. The Balaban J connectivity index is 5.27. The van der Waals surface area contributed by atoms with Crippen molar-refractivity contribution in [2.75, 3.05) is 39.6 Å². The molecule has 0 spiro atoms. The molecule has 100 heavy (non-hydrogen) atoms. The molecule has 17 nitrogen and oxygen atoms in total. The van der Waals surface area contributed by atoms with Gasteiger partial charge in [-0.05, 0) is 37.5 Å². The Morgan fingerprint density at radius 2 is 0.460 bits per heavy atom. The van der Waals surface area contributed by atoms with E-state index in [4.69, 9.17) is 37.0 Å². The van der Waals surface area contributed by atoms with Crippen LogP contribution in [0.4, 0.5) is 0 Å². The summed E-state index contributed by atoms with van der Waals surface area (Å²) in [7, 11) is -9.92. The molecule has 0 radical (unpaired) electrons. The number of phosphoric ester groups is 2. The lowest BCUT2D eigenvalue weighted by Crippen LogP contribution is -2.30. The SMILES string of the molecule is CCCCCCCCCCCCCCCCCCCC(=O)O[C@H](COC(=O)CCCCCCCCCCCCCCCC(C)C)COP(=O)(O)OC[C@@H](O)COP(=O)(O)OC[C@@H](COC(=O)CCCCCCCCCCCCCC)OC(=O)CCCCCCCCCCCCCCC(C)C. The zero-order chi connectivity index (χ0) is 73.5. The van der Waals surface area contributed by atoms with E-state index in [2.05, 4.69) is 41.5 Å². The Morgan fingerprint density at radius 1 is 0.270 bits per heavy atom. The summed E-state index contributed by atoms with van der Waals surface area (Å²) in [6, 6.07) is 0. The molecule has 5 atom stereocenters. The highest BCUT2D eigenvalue weighted by Gasteiger charge is 2.30. The number of hydrogen-bond donors (Lipinski definition) is 3. The van der Waals surface area contributed by atoms with E-state index in [1.165, 1.54) is 244 Å². The average molecular weight is 1470 g/mol. The lowest BCUT2D eigenvalue weighted by atomic mass is 10.0. The van der Waals surface area contributed by atoms with Gasteiger partial charge in [-0.3, -0.25) is 37.3 Å². The molecule has 0 aromatic rings. The minimum absolute atomic E-state index is 0.107. The minimum atomic E-state index is -4.96. The molecule has 0 rings (SSSR count). The number of esters is 4. The van der Waals surface area contributed by atoms with E-state index < -0.39 is 97.5 Å². The van der Waals surface area contributed by atoms with E-state index in [0.717, 1.165) is 102 Å². The normalized spacial score (nSPS) is 13.9. The van der Waals surface area contributed by atoms with Gasteiger partial charge < -0.3 is 33.8 Å². The van der Waals surface area contributed by atoms with Gasteiger partial charge in [0.05, 0.1) is 26.4 Å². The van der Waals surface area contributed by atoms with Crippen molar-refractivity contribution in [1.82, 2.24) is 0 Å². The number of aliphatic hydroxyl groups is 1. The molecular formula is C81H158O17P2. The van der Waals surface area contributed by atoms with Crippen LogP contribution in [-0.2, 0) is 65.4 Å². The molecule has 0 aromatic carbocycles. The standard InChI is InChI=1S/C81H158O17P2/c1-7-9-11-13-15-17-19-21-22-23-24-27-35-41-47-53-59-65-80(85)97-77(70-92-79(84)64-58-52-46-40-34-28-25-26-31-37-43-49-55-61-73(3)4)72-96-100(89,90)94-68-75(82)67-93-99(87,88)95-71-76(69-91-78(83)63-57-51-45-39-33-20-18-16-14-12-10-8-2)98-81(86)66-60-54-48-42-36-30-29-32-38-44-50-56-62-74(5)6/h73-77,82H,7-72H2,1-6H3,(H,87,88)(H,89,90)/t75-,76+,77+/m0/s1. The quantitative estimate of drug-likeness (QED) is 0.0222. The van der Waals surface area contributed by atoms with E-state index in [0.29, 0.717) is 25.7 Å². The van der Waals surface area contributed by atoms with Gasteiger partial charge in [0.1, 0.15) is 19.3 Å². The van der Waals surface area contributed by atoms with E-state index in [9.17, 15) is 43.2 Å². The van der Waals surface area contributed by atoms with Gasteiger partial charge in [0.25, 0.3) is 0 Å². The highest BCUT2D eigenvalue weighted by Crippen LogP contribution is 2.45. The third-order valence-corrected chi connectivity index (χ3v) is 20.9. The Kier molecular flexibility index (Phi) is 71.2. The van der Waals surface area contributed by atoms with E-state index in [1.807, 2.05) is 0 Å². The summed E-state index contributed by atoms with van der Waals surface area (Å²) in [5, 5.41) is 10.6. The molecule has 19 heteroatoms. The number of rotatable bonds is 80. The zero-order valence-electron chi connectivity index (χ0n) is 65.5. The van der Waals surface area contributed by atoms with Crippen molar-refractivity contribution in [3.63, 3.8) is 0 Å². The van der Waals surface area contributed by atoms with Crippen LogP contribution < -0.4 is 0 Å². The second-order valence-electron chi connectivity index (χ2n) is 30.1. The molecule has 0 heterocycles. The second-order valence-corrected chi connectivity index (χ2v) is 33.0. The third kappa shape index (κ3) is 74.3. The summed E-state index contributed by atoms with van der Waals surface area (Å²) in [5.41, 5.74) is 0. The summed E-state index contributed by atoms with van der Waals surface area (Å²) in [6.07, 6.45) is 62.2. The van der Waals surface area contributed by atoms with Crippen molar-refractivity contribution >= 4 is 39.5 Å². The van der Waals surface area contributed by atoms with Crippen LogP contribution in [0, 0.1) is 11.8 Å². The van der Waals surface area contributed by atoms with Crippen molar-refractivity contribution in [2.24, 2.45) is 11.8 Å². The van der Waals surface area contributed by atoms with Crippen LogP contribution >= 0.6 is 15.6 Å². The molecule has 0 fully saturated rings. The van der Waals surface area contributed by atoms with Crippen LogP contribution in [0.1, 0.15) is 427 Å². The second kappa shape index (κ2) is 72.6. The van der Waals surface area contributed by atoms with Crippen LogP contribution in [-0.4, -0.2) is 96.7 Å². The molecule has 594 valence electrons. The van der Waals surface area contributed by atoms with Crippen molar-refractivity contribution < 1.29 is 80.2 Å². The largest absolute Gasteiger partial charge is 0.472 e. The summed E-state index contributed by atoms with van der Waals surface area (Å²) < 4.78 is 68.8. The zero-order valence-corrected chi connectivity index (χ0v) is 67.3. The predicted octanol–water partition coefficient (Wildman–Crippen LogP) is 24.3. The summed E-state index contributed by atoms with van der Waals surface area (Å²) in [5.74, 6) is -0.538. The number of phosphoric acid groups is 2. The fraction of sp³-hybridized carbons (Fsp3) is 0.951. The van der Waals surface area contributed by atoms with Gasteiger partial charge in [-0.25, -0.2) is 9.13 Å². The maximum atomic E-state index is 13.1. The number of carbonyl (C=O) groups excluding carboxylic acids is 4. The number of unbranched alkanes of at least 4 members (excludes halogenated alkanes) is 50. The first kappa shape index (κ1) is 98.1. The van der Waals surface area contributed by atoms with Crippen molar-refractivity contribution in [2.45, 2.75) is 445 Å². The van der Waals surface area contributed by atoms with Gasteiger partial charge in [0.15, 0.2) is 12.2 Å². The average Bonchev–Trinajstić information content (AvgIpc) is 0.957. The third-order valence-electron chi connectivity index (χ3n) is 19.0. The Morgan fingerprint density at radius 3 is 0.680 bits per heavy atom. The summed E-state index contributed by atoms with van der Waals surface area (Å²) in [4.78, 5) is 73.1. The van der Waals surface area contributed by atoms with Gasteiger partial charge in [-0.15, -0.1) is 0 Å². The van der Waals surface area contributed by atoms with Crippen molar-refractivity contribution in [3.05, 3.63) is 0 Å². The Hall–Kier alpha value is -1.94. The van der Waals surface area contributed by atoms with Gasteiger partial charge in [0, 0.05) is 25.7 Å². The number of aliphatic hydroxyl groups excluding tert-OH is 1. The lowest BCUT2D eigenvalue weighted by Gasteiger charge is -2.21. The highest BCUT2D eigenvalue weighted by atomic mass is 31.2. The molecule has 0 aliphatic carbocycles. The van der Waals surface area contributed by atoms with Gasteiger partial charge in [-0.2, -0.15) is 0 Å². The van der Waals surface area contributed by atoms with Crippen LogP contribution in [0.25, 0.3) is 0 Å². The minimum Gasteiger partial charge on any atom is -0.462 e. The lowest BCUT2D eigenvalue weighted by molar-refractivity contribution is -0.161. The van der Waals surface area contributed by atoms with Gasteiger partial charge in [-0.1, -0.05) is 375 Å². The van der Waals surface area contributed by atoms with E-state index in [-0.39, 0.29) is 25.7 Å². The maximum absolute atomic E-state index is 13.1. The van der Waals surface area contributed by atoms with Crippen molar-refractivity contribution in [1.29, 1.82) is 0 Å². The maximum Gasteiger partial charge on any atom is 0.472 e. The van der Waals surface area contributed by atoms with Gasteiger partial charge in [0.2, 0.25) is 0 Å². The molecule has 0 aromatic heterocycles. The molecule has 0 aliphatic heterocycles. The first-order valence-electron chi connectivity index (χ1n) is 42.0. The van der Waals surface area contributed by atoms with Crippen LogP contribution in [0.2, 0.25) is 0 Å². The summed E-state index contributed by atoms with van der Waals surface area (Å²) in [6.45, 7) is 9.67. The highest BCUT2D eigenvalue weighted by molar-refractivity contribution is 7.47. The number of ether oxygens (including phenoxy) is 4. The Bertz CT molecular complexity index is 1920. The first-order valence-corrected chi connectivity index (χ1v) is 45.0. The smallest absolute Gasteiger partial charge is 0.462 e. The number of carbonyl (C=O) groups is 4. The van der Waals surface area contributed by atoms with Gasteiger partial charge >= 0.3 is 39.5 Å². The molecule has 0 aliphatic rings. The van der Waals surface area contributed by atoms with Crippen LogP contribution in [0.3, 0.4) is 0 Å². The molecule has 0 saturated carbocycles. The number of hydrogen-bond acceptors (Lipinski definition) is 15. The Labute approximate surface area is 613 Å². The van der Waals surface area contributed by atoms with Crippen LogP contribution in [0.15, 0.2) is 0 Å². The molecule has 0 amide bonds. The molecular weight excluding hydrogens is 1310 g/mol. The van der Waals surface area contributed by atoms with E-state index >= 15 is 0 Å². The topological polar surface area (TPSA) is 237 Å². The predicted molar refractivity (Wildman–Crippen MR) is 409 cm³/mol. The molecule has 2 unspecified atom stereocenters. The molecule has 3 N–H and O–H groups in total. The van der Waals surface area contributed by atoms with E-state index in [1.54, 1.807) is 0 Å². The van der Waals surface area contributed by atoms with Crippen LogP contribution in [0.5, 0.6) is 0 Å². The summed E-state index contributed by atoms with van der Waals surface area (Å²) >= 11 is 0. The fourth-order valence-electron chi connectivity index (χ4n) is 12.5.